The fourth-order valence-electron chi connectivity index (χ4n) is 3.18. The van der Waals surface area contributed by atoms with Crippen molar-refractivity contribution in [2.45, 2.75) is 26.3 Å². The Morgan fingerprint density at radius 2 is 1.83 bits per heavy atom. The van der Waals surface area contributed by atoms with Gasteiger partial charge in [-0.15, -0.1) is 11.3 Å². The van der Waals surface area contributed by atoms with Crippen LogP contribution >= 0.6 is 27.3 Å². The predicted octanol–water partition coefficient (Wildman–Crippen LogP) is 6.06. The van der Waals surface area contributed by atoms with Crippen molar-refractivity contribution in [2.24, 2.45) is 0 Å². The molecule has 4 aromatic rings. The molecular formula is C23H21BrN2O2S. The number of halogens is 1. The number of hydrogen-bond acceptors (Lipinski definition) is 4. The minimum atomic E-state index is 0.0219. The number of thiophene rings is 1. The average Bonchev–Trinajstić information content (AvgIpc) is 3.16. The van der Waals surface area contributed by atoms with Crippen LogP contribution in [0.2, 0.25) is 0 Å². The normalized spacial score (nSPS) is 11.1. The largest absolute Gasteiger partial charge is 0.494 e. The summed E-state index contributed by atoms with van der Waals surface area (Å²) in [5, 5.41) is 2.72. The third-order valence-corrected chi connectivity index (χ3v) is 6.21. The molecule has 148 valence electrons. The summed E-state index contributed by atoms with van der Waals surface area (Å²) in [6.45, 7) is 3.33. The van der Waals surface area contributed by atoms with E-state index in [0.717, 1.165) is 39.0 Å². The molecule has 0 saturated carbocycles. The van der Waals surface area contributed by atoms with Crippen molar-refractivity contribution < 1.29 is 4.74 Å². The maximum Gasteiger partial charge on any atom is 0.262 e. The van der Waals surface area contributed by atoms with E-state index in [1.807, 2.05) is 53.9 Å². The van der Waals surface area contributed by atoms with Crippen LogP contribution in [-0.4, -0.2) is 16.2 Å². The minimum absolute atomic E-state index is 0.0219. The summed E-state index contributed by atoms with van der Waals surface area (Å²) >= 11 is 4.97. The van der Waals surface area contributed by atoms with E-state index >= 15 is 0 Å². The number of ether oxygens (including phenoxy) is 1. The highest BCUT2D eigenvalue weighted by molar-refractivity contribution is 9.10. The summed E-state index contributed by atoms with van der Waals surface area (Å²) in [6.07, 6.45) is 3.39. The molecule has 4 nitrogen and oxygen atoms in total. The summed E-state index contributed by atoms with van der Waals surface area (Å²) < 4.78 is 8.50. The molecule has 4 rings (SSSR count). The van der Waals surface area contributed by atoms with E-state index in [9.17, 15) is 4.79 Å². The van der Waals surface area contributed by atoms with E-state index in [4.69, 9.17) is 4.74 Å². The molecule has 0 aliphatic heterocycles. The van der Waals surface area contributed by atoms with Crippen LogP contribution in [0.1, 0.15) is 18.4 Å². The lowest BCUT2D eigenvalue weighted by Crippen LogP contribution is -2.20. The second-order valence-electron chi connectivity index (χ2n) is 6.95. The van der Waals surface area contributed by atoms with Gasteiger partial charge in [-0.1, -0.05) is 45.8 Å². The van der Waals surface area contributed by atoms with Gasteiger partial charge in [0.05, 0.1) is 18.3 Å². The van der Waals surface area contributed by atoms with Crippen LogP contribution in [0.5, 0.6) is 5.75 Å². The van der Waals surface area contributed by atoms with Gasteiger partial charge in [-0.3, -0.25) is 9.36 Å². The van der Waals surface area contributed by atoms with Crippen molar-refractivity contribution in [3.63, 3.8) is 0 Å². The highest BCUT2D eigenvalue weighted by atomic mass is 79.9. The zero-order chi connectivity index (χ0) is 20.2. The van der Waals surface area contributed by atoms with Gasteiger partial charge in [0.2, 0.25) is 0 Å². The number of rotatable bonds is 7. The Morgan fingerprint density at radius 1 is 1.07 bits per heavy atom. The van der Waals surface area contributed by atoms with Crippen LogP contribution < -0.4 is 10.3 Å². The van der Waals surface area contributed by atoms with Gasteiger partial charge in [0.25, 0.3) is 5.56 Å². The van der Waals surface area contributed by atoms with Crippen LogP contribution in [0.25, 0.3) is 21.3 Å². The van der Waals surface area contributed by atoms with Gasteiger partial charge >= 0.3 is 0 Å². The van der Waals surface area contributed by atoms with Crippen LogP contribution in [0, 0.1) is 6.92 Å². The average molecular weight is 469 g/mol. The van der Waals surface area contributed by atoms with Gasteiger partial charge in [0.15, 0.2) is 0 Å². The standard InChI is InChI=1S/C23H21BrN2O2S/c1-16-4-10-19(11-5-16)28-13-3-2-12-26-15-25-22-21(23(26)27)20(14-29-22)17-6-8-18(24)9-7-17/h4-11,14-15H,2-3,12-13H2,1H3. The third-order valence-electron chi connectivity index (χ3n) is 4.80. The molecule has 0 radical (unpaired) electrons. The molecule has 0 spiro atoms. The molecule has 0 N–H and O–H groups in total. The predicted molar refractivity (Wildman–Crippen MR) is 123 cm³/mol. The van der Waals surface area contributed by atoms with Gasteiger partial charge in [-0.2, -0.15) is 0 Å². The first kappa shape index (κ1) is 19.9. The SMILES string of the molecule is Cc1ccc(OCCCCn2cnc3scc(-c4ccc(Br)cc4)c3c2=O)cc1. The van der Waals surface area contributed by atoms with Gasteiger partial charge in [-0.05, 0) is 49.6 Å². The first-order valence-electron chi connectivity index (χ1n) is 9.54. The number of aryl methyl sites for hydroxylation is 2. The lowest BCUT2D eigenvalue weighted by Gasteiger charge is -2.08. The van der Waals surface area contributed by atoms with Crippen LogP contribution in [-0.2, 0) is 6.54 Å². The Bertz CT molecular complexity index is 1160. The fraction of sp³-hybridized carbons (Fsp3) is 0.217. The van der Waals surface area contributed by atoms with Gasteiger partial charge in [0.1, 0.15) is 10.6 Å². The highest BCUT2D eigenvalue weighted by Gasteiger charge is 2.13. The number of fused-ring (bicyclic) bond motifs is 1. The number of benzene rings is 2. The van der Waals surface area contributed by atoms with E-state index in [1.54, 1.807) is 10.9 Å². The minimum Gasteiger partial charge on any atom is -0.494 e. The summed E-state index contributed by atoms with van der Waals surface area (Å²) in [5.41, 5.74) is 3.22. The number of aromatic nitrogens is 2. The molecule has 2 aromatic carbocycles. The van der Waals surface area contributed by atoms with Crippen LogP contribution in [0.4, 0.5) is 0 Å². The maximum absolute atomic E-state index is 13.1. The van der Waals surface area contributed by atoms with Gasteiger partial charge in [-0.25, -0.2) is 4.98 Å². The Morgan fingerprint density at radius 3 is 2.59 bits per heavy atom. The molecule has 0 aliphatic carbocycles. The van der Waals surface area contributed by atoms with Gasteiger partial charge in [0, 0.05) is 22.0 Å². The molecule has 0 atom stereocenters. The van der Waals surface area contributed by atoms with E-state index in [1.165, 1.54) is 16.9 Å². The second kappa shape index (κ2) is 8.93. The van der Waals surface area contributed by atoms with E-state index in [0.29, 0.717) is 18.5 Å². The summed E-state index contributed by atoms with van der Waals surface area (Å²) in [4.78, 5) is 18.3. The van der Waals surface area contributed by atoms with Crippen molar-refractivity contribution in [1.82, 2.24) is 9.55 Å². The molecule has 29 heavy (non-hydrogen) atoms. The maximum atomic E-state index is 13.1. The molecular weight excluding hydrogens is 448 g/mol. The number of nitrogens with zero attached hydrogens (tertiary/aromatic N) is 2. The lowest BCUT2D eigenvalue weighted by molar-refractivity contribution is 0.303. The Balaban J connectivity index is 1.43. The second-order valence-corrected chi connectivity index (χ2v) is 8.72. The zero-order valence-corrected chi connectivity index (χ0v) is 18.5. The summed E-state index contributed by atoms with van der Waals surface area (Å²) in [6, 6.07) is 16.1. The molecule has 2 heterocycles. The third kappa shape index (κ3) is 4.60. The smallest absolute Gasteiger partial charge is 0.262 e. The van der Waals surface area contributed by atoms with Crippen LogP contribution in [0.3, 0.4) is 0 Å². The molecule has 0 amide bonds. The molecule has 2 aromatic heterocycles. The van der Waals surface area contributed by atoms with E-state index in [2.05, 4.69) is 27.8 Å². The fourth-order valence-corrected chi connectivity index (χ4v) is 4.35. The highest BCUT2D eigenvalue weighted by Crippen LogP contribution is 2.31. The Kier molecular flexibility index (Phi) is 6.11. The monoisotopic (exact) mass is 468 g/mol. The van der Waals surface area contributed by atoms with Crippen molar-refractivity contribution in [3.8, 4) is 16.9 Å². The molecule has 0 aliphatic rings. The van der Waals surface area contributed by atoms with Crippen molar-refractivity contribution in [2.75, 3.05) is 6.61 Å². The van der Waals surface area contributed by atoms with Crippen molar-refractivity contribution in [1.29, 1.82) is 0 Å². The quantitative estimate of drug-likeness (QED) is 0.309. The molecule has 0 bridgehead atoms. The Labute approximate surface area is 181 Å². The van der Waals surface area contributed by atoms with E-state index in [-0.39, 0.29) is 5.56 Å². The molecule has 0 saturated heterocycles. The molecule has 0 fully saturated rings. The summed E-state index contributed by atoms with van der Waals surface area (Å²) in [5.74, 6) is 0.883. The molecule has 0 unspecified atom stereocenters. The summed E-state index contributed by atoms with van der Waals surface area (Å²) in [7, 11) is 0. The topological polar surface area (TPSA) is 44.1 Å². The zero-order valence-electron chi connectivity index (χ0n) is 16.1. The van der Waals surface area contributed by atoms with Crippen LogP contribution in [0.15, 0.2) is 69.5 Å². The van der Waals surface area contributed by atoms with Crippen molar-refractivity contribution >= 4 is 37.5 Å². The number of hydrogen-bond donors (Lipinski definition) is 0. The van der Waals surface area contributed by atoms with Crippen molar-refractivity contribution in [3.05, 3.63) is 80.6 Å². The number of unbranched alkanes of at least 4 members (excludes halogenated alkanes) is 1. The first-order chi connectivity index (χ1) is 14.1. The Hall–Kier alpha value is -2.44. The van der Waals surface area contributed by atoms with E-state index < -0.39 is 0 Å². The molecule has 6 heteroatoms. The van der Waals surface area contributed by atoms with Gasteiger partial charge < -0.3 is 4.74 Å². The first-order valence-corrected chi connectivity index (χ1v) is 11.2. The lowest BCUT2D eigenvalue weighted by atomic mass is 10.1.